The van der Waals surface area contributed by atoms with E-state index in [0.717, 1.165) is 0 Å². The maximum absolute atomic E-state index is 7.56. The van der Waals surface area contributed by atoms with Crippen LogP contribution in [0.4, 0.5) is 0 Å². The fourth-order valence-corrected chi connectivity index (χ4v) is 0. The summed E-state index contributed by atoms with van der Waals surface area (Å²) in [6.07, 6.45) is 2.64. The first kappa shape index (κ1) is 31.4. The third-order valence-electron chi connectivity index (χ3n) is 0.500. The molecule has 0 spiro atoms. The molecule has 0 bridgehead atoms. The second-order valence-corrected chi connectivity index (χ2v) is 7.02. The fraction of sp³-hybridized carbons (Fsp3) is 1.00. The van der Waals surface area contributed by atoms with Crippen LogP contribution in [-0.4, -0.2) is 29.4 Å². The number of unbranched alkanes of at least 4 members (excludes halogenated alkanes) is 1. The average Bonchev–Trinajstić information content (AvgIpc) is 1.79. The number of hydrogen-bond acceptors (Lipinski definition) is 2. The molecule has 0 atom stereocenters. The van der Waals surface area contributed by atoms with E-state index in [1.165, 1.54) is 12.8 Å². The maximum atomic E-state index is 7.56. The van der Waals surface area contributed by atoms with E-state index in [-0.39, 0.29) is 62.0 Å². The molecule has 6 N–H and O–H groups in total. The van der Waals surface area contributed by atoms with Crippen LogP contribution in [0.3, 0.4) is 0 Å². The summed E-state index contributed by atoms with van der Waals surface area (Å²) in [6.45, 7) is -3.25. The van der Waals surface area contributed by atoms with Gasteiger partial charge in [-0.1, -0.05) is 26.7 Å². The third kappa shape index (κ3) is 267. The van der Waals surface area contributed by atoms with Gasteiger partial charge in [0.2, 0.25) is 0 Å². The van der Waals surface area contributed by atoms with Crippen LogP contribution in [0.1, 0.15) is 29.5 Å². The van der Waals surface area contributed by atoms with Gasteiger partial charge >= 0.3 is 72.6 Å². The van der Waals surface area contributed by atoms with Gasteiger partial charge in [-0.2, -0.15) is 0 Å². The molecule has 0 radical (unpaired) electrons. The summed E-state index contributed by atoms with van der Waals surface area (Å²) in [4.78, 5) is 45.3. The topological polar surface area (TPSA) is 121 Å². The molecule has 0 aromatic rings. The van der Waals surface area contributed by atoms with E-state index in [2.05, 4.69) is 37.5 Å². The molecule has 0 heterocycles. The second-order valence-electron chi connectivity index (χ2n) is 2.03. The summed E-state index contributed by atoms with van der Waals surface area (Å²) in [5.41, 5.74) is 0. The molecule has 12 heteroatoms. The predicted octanol–water partition coefficient (Wildman–Crippen LogP) is -5.58. The van der Waals surface area contributed by atoms with Gasteiger partial charge in [0.05, 0.1) is 0 Å². The molecule has 0 aliphatic heterocycles. The van der Waals surface area contributed by atoms with Crippen molar-refractivity contribution < 1.29 is 91.3 Å². The van der Waals surface area contributed by atoms with E-state index in [1.807, 2.05) is 0 Å². The third-order valence-corrected chi connectivity index (χ3v) is 0.500. The van der Waals surface area contributed by atoms with Crippen LogP contribution in [0.2, 0.25) is 0 Å². The largest absolute Gasteiger partial charge is 1.00 e. The molecule has 16 heavy (non-hydrogen) atoms. The Morgan fingerprint density at radius 3 is 0.812 bits per heavy atom. The molecule has 0 aliphatic rings. The van der Waals surface area contributed by atoms with Gasteiger partial charge in [0, 0.05) is 0 Å². The summed E-state index contributed by atoms with van der Waals surface area (Å²) in [7, 11) is 0. The van der Waals surface area contributed by atoms with Gasteiger partial charge in [0.25, 0.3) is 0 Å². The second kappa shape index (κ2) is 18.1. The van der Waals surface area contributed by atoms with Crippen molar-refractivity contribution in [1.29, 1.82) is 0 Å². The van der Waals surface area contributed by atoms with Crippen molar-refractivity contribution in [1.82, 2.24) is 0 Å². The van der Waals surface area contributed by atoms with E-state index < -0.39 is 13.4 Å². The average molecular weight is 334 g/mol. The molecule has 0 aliphatic carbocycles. The summed E-state index contributed by atoms with van der Waals surface area (Å²) in [5.74, 6) is 0. The van der Waals surface area contributed by atoms with Crippen molar-refractivity contribution in [2.24, 2.45) is 0 Å². The van der Waals surface area contributed by atoms with E-state index >= 15 is 0 Å². The standard InChI is InChI=1S/C4H10.2Na.2H3O3PS.2H/c1-3-4-2;;;2*1-4(2,3)5;;/h3-4H2,1-2H3;;;2*(H3,1,2,3,5);;/q;2*+1;;;2*-1. The molecule has 0 unspecified atom stereocenters. The SMILES string of the molecule is CCCC.OP(O)(O)=S.OP(O)(O)=S.[H-].[H-].[Na+].[Na+]. The van der Waals surface area contributed by atoms with Crippen LogP contribution in [0.15, 0.2) is 0 Å². The first-order valence-corrected chi connectivity index (χ1v) is 8.80. The molecule has 0 aromatic carbocycles. The Morgan fingerprint density at radius 1 is 0.750 bits per heavy atom. The summed E-state index contributed by atoms with van der Waals surface area (Å²) >= 11 is 7.21. The van der Waals surface area contributed by atoms with E-state index in [1.54, 1.807) is 0 Å². The Labute approximate surface area is 153 Å². The number of hydrogen-bond donors (Lipinski definition) is 6. The van der Waals surface area contributed by atoms with Crippen LogP contribution >= 0.6 is 13.4 Å². The Hall–Kier alpha value is 3.06. The van der Waals surface area contributed by atoms with Crippen molar-refractivity contribution in [3.8, 4) is 0 Å². The predicted molar refractivity (Wildman–Crippen MR) is 64.7 cm³/mol. The van der Waals surface area contributed by atoms with Crippen LogP contribution < -0.4 is 59.1 Å². The summed E-state index contributed by atoms with van der Waals surface area (Å²) in [6, 6.07) is 0. The molecule has 6 nitrogen and oxygen atoms in total. The van der Waals surface area contributed by atoms with Crippen molar-refractivity contribution in [3.05, 3.63) is 0 Å². The zero-order chi connectivity index (χ0) is 12.4. The minimum Gasteiger partial charge on any atom is -1.00 e. The van der Waals surface area contributed by atoms with Gasteiger partial charge in [-0.15, -0.1) is 0 Å². The monoisotopic (exact) mass is 334 g/mol. The maximum Gasteiger partial charge on any atom is 1.00 e. The molecular formula is C4H18Na2O6P2S2. The van der Waals surface area contributed by atoms with Crippen LogP contribution in [0.5, 0.6) is 0 Å². The van der Waals surface area contributed by atoms with Gasteiger partial charge in [-0.3, -0.25) is 0 Å². The molecule has 94 valence electrons. The van der Waals surface area contributed by atoms with Gasteiger partial charge in [-0.05, 0) is 23.6 Å². The summed E-state index contributed by atoms with van der Waals surface area (Å²) in [5, 5.41) is 0. The van der Waals surface area contributed by atoms with Crippen molar-refractivity contribution in [2.75, 3.05) is 0 Å². The molecule has 0 saturated carbocycles. The Balaban J connectivity index is -0.0000000183. The summed E-state index contributed by atoms with van der Waals surface area (Å²) < 4.78 is 0. The molecule has 0 amide bonds. The van der Waals surface area contributed by atoms with Crippen LogP contribution in [0.25, 0.3) is 0 Å². The molecular weight excluding hydrogens is 316 g/mol. The minimum atomic E-state index is -3.81. The van der Waals surface area contributed by atoms with E-state index in [9.17, 15) is 0 Å². The Bertz CT molecular complexity index is 177. The normalized spacial score (nSPS) is 9.25. The van der Waals surface area contributed by atoms with E-state index in [4.69, 9.17) is 29.4 Å². The van der Waals surface area contributed by atoms with Gasteiger partial charge in [0.1, 0.15) is 0 Å². The Morgan fingerprint density at radius 2 is 0.812 bits per heavy atom. The van der Waals surface area contributed by atoms with Crippen molar-refractivity contribution in [3.63, 3.8) is 0 Å². The Kier molecular flexibility index (Phi) is 35.5. The molecule has 0 fully saturated rings. The van der Waals surface area contributed by atoms with Gasteiger partial charge in [0.15, 0.2) is 0 Å². The zero-order valence-corrected chi connectivity index (χ0v) is 17.2. The van der Waals surface area contributed by atoms with Crippen molar-refractivity contribution >= 4 is 37.1 Å². The molecule has 0 aromatic heterocycles. The molecule has 0 saturated heterocycles. The zero-order valence-electron chi connectivity index (χ0n) is 11.8. The van der Waals surface area contributed by atoms with E-state index in [0.29, 0.717) is 0 Å². The van der Waals surface area contributed by atoms with Crippen LogP contribution in [-0.2, 0) is 23.6 Å². The van der Waals surface area contributed by atoms with Gasteiger partial charge < -0.3 is 32.2 Å². The molecule has 0 rings (SSSR count). The smallest absolute Gasteiger partial charge is 1.00 e. The first-order valence-electron chi connectivity index (χ1n) is 3.48. The van der Waals surface area contributed by atoms with Crippen molar-refractivity contribution in [2.45, 2.75) is 26.7 Å². The van der Waals surface area contributed by atoms with Crippen LogP contribution in [0, 0.1) is 0 Å². The van der Waals surface area contributed by atoms with Gasteiger partial charge in [-0.25, -0.2) is 0 Å². The number of rotatable bonds is 1. The quantitative estimate of drug-likeness (QED) is 0.207. The first-order chi connectivity index (χ1) is 5.91. The fourth-order valence-electron chi connectivity index (χ4n) is 0. The minimum absolute atomic E-state index is 0.